The zero-order valence-electron chi connectivity index (χ0n) is 18.4. The smallest absolute Gasteiger partial charge is 0.337 e. The first kappa shape index (κ1) is 24.2. The Labute approximate surface area is 196 Å². The Kier molecular flexibility index (Phi) is 5.99. The summed E-state index contributed by atoms with van der Waals surface area (Å²) in [7, 11) is 0. The number of benzene rings is 2. The lowest BCUT2D eigenvalue weighted by molar-refractivity contribution is -0.161. The molecule has 184 valence electrons. The molecule has 2 aromatic rings. The molecule has 0 saturated carbocycles. The number of carbonyl (C=O) groups is 4. The van der Waals surface area contributed by atoms with Crippen LogP contribution in [0.4, 0.5) is 28.0 Å². The third-order valence-corrected chi connectivity index (χ3v) is 6.17. The number of alkyl halides is 2. The number of likely N-dealkylation sites (tertiary alicyclic amines) is 1. The number of amides is 5. The molecule has 2 aliphatic rings. The van der Waals surface area contributed by atoms with Crippen LogP contribution < -0.4 is 16.0 Å². The van der Waals surface area contributed by atoms with Crippen LogP contribution in [0.1, 0.15) is 34.3 Å². The van der Waals surface area contributed by atoms with E-state index in [0.717, 1.165) is 17.0 Å². The van der Waals surface area contributed by atoms with Gasteiger partial charge in [-0.1, -0.05) is 0 Å². The van der Waals surface area contributed by atoms with E-state index >= 15 is 8.78 Å². The van der Waals surface area contributed by atoms with E-state index in [1.807, 2.05) is 0 Å². The zero-order valence-corrected chi connectivity index (χ0v) is 18.4. The fourth-order valence-electron chi connectivity index (χ4n) is 4.12. The molecule has 0 aromatic heterocycles. The van der Waals surface area contributed by atoms with E-state index in [1.54, 1.807) is 0 Å². The quantitative estimate of drug-likeness (QED) is 0.451. The van der Waals surface area contributed by atoms with Crippen LogP contribution in [0.2, 0.25) is 0 Å². The predicted molar refractivity (Wildman–Crippen MR) is 115 cm³/mol. The van der Waals surface area contributed by atoms with Gasteiger partial charge in [-0.05, 0) is 61.7 Å². The largest absolute Gasteiger partial charge is 0.352 e. The number of anilines is 1. The van der Waals surface area contributed by atoms with Crippen molar-refractivity contribution < 1.29 is 36.7 Å². The van der Waals surface area contributed by atoms with Crippen LogP contribution in [0.3, 0.4) is 0 Å². The highest BCUT2D eigenvalue weighted by molar-refractivity contribution is 6.07. The molecule has 1 spiro atoms. The summed E-state index contributed by atoms with van der Waals surface area (Å²) in [5.74, 6) is -9.33. The lowest BCUT2D eigenvalue weighted by Gasteiger charge is -2.38. The topological polar surface area (TPSA) is 108 Å². The monoisotopic (exact) mass is 492 g/mol. The maximum atomic E-state index is 15.1. The number of rotatable bonds is 4. The van der Waals surface area contributed by atoms with E-state index in [-0.39, 0.29) is 42.7 Å². The van der Waals surface area contributed by atoms with Gasteiger partial charge < -0.3 is 15.5 Å². The molecular weight excluding hydrogens is 472 g/mol. The van der Waals surface area contributed by atoms with Gasteiger partial charge in [-0.15, -0.1) is 0 Å². The number of nitrogens with zero attached hydrogens (tertiary/aromatic N) is 1. The summed E-state index contributed by atoms with van der Waals surface area (Å²) < 4.78 is 58.1. The second kappa shape index (κ2) is 8.67. The fraction of sp³-hybridized carbons (Fsp3) is 0.304. The number of carbonyl (C=O) groups excluding carboxylic acids is 4. The van der Waals surface area contributed by atoms with Crippen molar-refractivity contribution >= 4 is 29.4 Å². The molecule has 12 heteroatoms. The molecule has 0 aliphatic carbocycles. The Morgan fingerprint density at radius 2 is 1.69 bits per heavy atom. The van der Waals surface area contributed by atoms with Crippen molar-refractivity contribution in [3.05, 3.63) is 64.7 Å². The average molecular weight is 492 g/mol. The third kappa shape index (κ3) is 4.43. The molecule has 2 saturated heterocycles. The van der Waals surface area contributed by atoms with Gasteiger partial charge in [-0.3, -0.25) is 19.7 Å². The van der Waals surface area contributed by atoms with E-state index in [0.29, 0.717) is 12.1 Å². The standard InChI is InChI=1S/C23H20F4N4O4/c1-12-10-14(3-5-16(12)24)28-18(32)13-2-4-17(25)15(11-13)23(26,27)20(34)31-8-6-22(7-9-31)19(33)29-21(35)30-22/h2-5,10-11H,6-9H2,1H3,(H,28,32)(H2,29,30,33,35). The highest BCUT2D eigenvalue weighted by atomic mass is 19.3. The van der Waals surface area contributed by atoms with Gasteiger partial charge in [0.15, 0.2) is 0 Å². The van der Waals surface area contributed by atoms with Crippen molar-refractivity contribution in [1.29, 1.82) is 0 Å². The van der Waals surface area contributed by atoms with Gasteiger partial charge in [0.1, 0.15) is 17.2 Å². The molecule has 0 bridgehead atoms. The van der Waals surface area contributed by atoms with Crippen molar-refractivity contribution in [2.24, 2.45) is 0 Å². The molecule has 8 nitrogen and oxygen atoms in total. The van der Waals surface area contributed by atoms with E-state index in [1.165, 1.54) is 19.1 Å². The number of piperidine rings is 1. The van der Waals surface area contributed by atoms with Gasteiger partial charge in [0.05, 0.1) is 5.56 Å². The van der Waals surface area contributed by atoms with Gasteiger partial charge in [0.2, 0.25) is 0 Å². The zero-order chi connectivity index (χ0) is 25.5. The molecular formula is C23H20F4N4O4. The van der Waals surface area contributed by atoms with Gasteiger partial charge in [0.25, 0.3) is 17.7 Å². The van der Waals surface area contributed by atoms with Crippen LogP contribution >= 0.6 is 0 Å². The van der Waals surface area contributed by atoms with Crippen LogP contribution in [0, 0.1) is 18.6 Å². The van der Waals surface area contributed by atoms with Crippen LogP contribution in [0.15, 0.2) is 36.4 Å². The van der Waals surface area contributed by atoms with Gasteiger partial charge in [0, 0.05) is 24.3 Å². The molecule has 4 rings (SSSR count). The number of hydrogen-bond donors (Lipinski definition) is 3. The maximum absolute atomic E-state index is 15.1. The highest BCUT2D eigenvalue weighted by Gasteiger charge is 2.52. The molecule has 0 atom stereocenters. The van der Waals surface area contributed by atoms with Crippen molar-refractivity contribution in [3.63, 3.8) is 0 Å². The number of urea groups is 1. The van der Waals surface area contributed by atoms with Crippen LogP contribution in [-0.4, -0.2) is 47.3 Å². The van der Waals surface area contributed by atoms with E-state index in [2.05, 4.69) is 16.0 Å². The minimum absolute atomic E-state index is 0.0889. The number of aryl methyl sites for hydroxylation is 1. The van der Waals surface area contributed by atoms with E-state index in [9.17, 15) is 28.0 Å². The molecule has 2 heterocycles. The summed E-state index contributed by atoms with van der Waals surface area (Å²) >= 11 is 0. The summed E-state index contributed by atoms with van der Waals surface area (Å²) in [6.45, 7) is 0.935. The lowest BCUT2D eigenvalue weighted by Crippen LogP contribution is -2.57. The highest BCUT2D eigenvalue weighted by Crippen LogP contribution is 2.35. The molecule has 2 aliphatic heterocycles. The number of halogens is 4. The Morgan fingerprint density at radius 3 is 2.29 bits per heavy atom. The SMILES string of the molecule is Cc1cc(NC(=O)c2ccc(F)c(C(F)(F)C(=O)N3CCC4(CC3)NC(=O)NC4=O)c2)ccc1F. The first-order valence-corrected chi connectivity index (χ1v) is 10.6. The van der Waals surface area contributed by atoms with Crippen LogP contribution in [0.5, 0.6) is 0 Å². The predicted octanol–water partition coefficient (Wildman–Crippen LogP) is 2.82. The molecule has 3 N–H and O–H groups in total. The molecule has 0 radical (unpaired) electrons. The van der Waals surface area contributed by atoms with Crippen molar-refractivity contribution in [3.8, 4) is 0 Å². The van der Waals surface area contributed by atoms with Gasteiger partial charge >= 0.3 is 12.0 Å². The molecule has 0 unspecified atom stereocenters. The Hall–Kier alpha value is -3.96. The normalized spacial score (nSPS) is 17.2. The maximum Gasteiger partial charge on any atom is 0.352 e. The van der Waals surface area contributed by atoms with Crippen molar-refractivity contribution in [2.75, 3.05) is 18.4 Å². The second-order valence-electron chi connectivity index (χ2n) is 8.47. The summed E-state index contributed by atoms with van der Waals surface area (Å²) in [5.41, 5.74) is -2.44. The Bertz CT molecular complexity index is 1240. The fourth-order valence-corrected chi connectivity index (χ4v) is 4.12. The summed E-state index contributed by atoms with van der Waals surface area (Å²) in [4.78, 5) is 49.4. The van der Waals surface area contributed by atoms with Crippen molar-refractivity contribution in [2.45, 2.75) is 31.2 Å². The number of nitrogens with one attached hydrogen (secondary N) is 3. The molecule has 2 aromatic carbocycles. The summed E-state index contributed by atoms with van der Waals surface area (Å²) in [5, 5.41) is 6.94. The minimum atomic E-state index is -4.31. The second-order valence-corrected chi connectivity index (χ2v) is 8.47. The molecule has 5 amide bonds. The summed E-state index contributed by atoms with van der Waals surface area (Å²) in [6, 6.07) is 5.27. The molecule has 35 heavy (non-hydrogen) atoms. The van der Waals surface area contributed by atoms with Gasteiger partial charge in [-0.2, -0.15) is 8.78 Å². The molecule has 2 fully saturated rings. The van der Waals surface area contributed by atoms with Crippen LogP contribution in [-0.2, 0) is 15.5 Å². The average Bonchev–Trinajstić information content (AvgIpc) is 3.08. The van der Waals surface area contributed by atoms with E-state index in [4.69, 9.17) is 0 Å². The van der Waals surface area contributed by atoms with Crippen molar-refractivity contribution in [1.82, 2.24) is 15.5 Å². The Morgan fingerprint density at radius 1 is 1.03 bits per heavy atom. The van der Waals surface area contributed by atoms with Crippen LogP contribution in [0.25, 0.3) is 0 Å². The first-order valence-electron chi connectivity index (χ1n) is 10.6. The number of imide groups is 1. The minimum Gasteiger partial charge on any atom is -0.337 e. The van der Waals surface area contributed by atoms with E-state index < -0.39 is 52.4 Å². The third-order valence-electron chi connectivity index (χ3n) is 6.17. The summed E-state index contributed by atoms with van der Waals surface area (Å²) in [6.07, 6.45) is -0.178. The number of hydrogen-bond acceptors (Lipinski definition) is 4. The van der Waals surface area contributed by atoms with Gasteiger partial charge in [-0.25, -0.2) is 13.6 Å². The first-order chi connectivity index (χ1) is 16.4. The lowest BCUT2D eigenvalue weighted by atomic mass is 9.87. The Balaban J connectivity index is 1.51.